The van der Waals surface area contributed by atoms with E-state index in [0.717, 1.165) is 17.8 Å². The van der Waals surface area contributed by atoms with Crippen molar-refractivity contribution in [3.05, 3.63) is 70.4 Å². The number of aromatic nitrogens is 2. The first-order valence-corrected chi connectivity index (χ1v) is 8.61. The van der Waals surface area contributed by atoms with Crippen LogP contribution in [0.2, 0.25) is 0 Å². The zero-order valence-corrected chi connectivity index (χ0v) is 13.9. The van der Waals surface area contributed by atoms with Gasteiger partial charge in [-0.1, -0.05) is 36.4 Å². The predicted molar refractivity (Wildman–Crippen MR) is 97.3 cm³/mol. The van der Waals surface area contributed by atoms with Gasteiger partial charge in [0, 0.05) is 11.4 Å². The number of carbonyl (C=O) groups is 1. The topological polar surface area (TPSA) is 66.9 Å². The lowest BCUT2D eigenvalue weighted by atomic mass is 10.1. The maximum absolute atomic E-state index is 11.9. The summed E-state index contributed by atoms with van der Waals surface area (Å²) in [5.74, 6) is 1.07. The highest BCUT2D eigenvalue weighted by Gasteiger charge is 2.06. The normalized spacial score (nSPS) is 10.3. The van der Waals surface area contributed by atoms with E-state index in [4.69, 9.17) is 0 Å². The van der Waals surface area contributed by atoms with Gasteiger partial charge in [0.05, 0.1) is 6.42 Å². The molecule has 6 heteroatoms. The number of nitrogens with zero attached hydrogens (tertiary/aromatic N) is 2. The SMILES string of the molecule is O=C(Cc1cccs1)Nc1ccc(NCCc2ccccc2)nn1. The van der Waals surface area contributed by atoms with Crippen molar-refractivity contribution in [1.29, 1.82) is 0 Å². The zero-order valence-electron chi connectivity index (χ0n) is 13.1. The van der Waals surface area contributed by atoms with Crippen LogP contribution >= 0.6 is 11.3 Å². The molecule has 0 bridgehead atoms. The largest absolute Gasteiger partial charge is 0.368 e. The molecule has 0 aliphatic carbocycles. The molecular weight excluding hydrogens is 320 g/mol. The standard InChI is InChI=1S/C18H18N4OS/c23-18(13-15-7-4-12-24-15)20-17-9-8-16(21-22-17)19-11-10-14-5-2-1-3-6-14/h1-9,12H,10-11,13H2,(H,19,21)(H,20,22,23). The van der Waals surface area contributed by atoms with Gasteiger partial charge in [-0.15, -0.1) is 21.5 Å². The van der Waals surface area contributed by atoms with Crippen molar-refractivity contribution in [2.75, 3.05) is 17.2 Å². The van der Waals surface area contributed by atoms with E-state index in [1.165, 1.54) is 5.56 Å². The lowest BCUT2D eigenvalue weighted by molar-refractivity contribution is -0.115. The highest BCUT2D eigenvalue weighted by molar-refractivity contribution is 7.10. The van der Waals surface area contributed by atoms with E-state index >= 15 is 0 Å². The van der Waals surface area contributed by atoms with Crippen molar-refractivity contribution in [2.24, 2.45) is 0 Å². The van der Waals surface area contributed by atoms with Crippen molar-refractivity contribution in [3.63, 3.8) is 0 Å². The Kier molecular flexibility index (Phi) is 5.52. The molecule has 0 saturated heterocycles. The molecule has 2 N–H and O–H groups in total. The van der Waals surface area contributed by atoms with Crippen LogP contribution in [0.5, 0.6) is 0 Å². The fraction of sp³-hybridized carbons (Fsp3) is 0.167. The summed E-state index contributed by atoms with van der Waals surface area (Å²) in [6, 6.07) is 17.7. The Bertz CT molecular complexity index is 757. The predicted octanol–water partition coefficient (Wildman–Crippen LogP) is 3.37. The maximum atomic E-state index is 11.9. The number of rotatable bonds is 7. The zero-order chi connectivity index (χ0) is 16.6. The third-order valence-corrected chi connectivity index (χ3v) is 4.29. The maximum Gasteiger partial charge on any atom is 0.230 e. The number of hydrogen-bond donors (Lipinski definition) is 2. The first-order chi connectivity index (χ1) is 11.8. The fourth-order valence-corrected chi connectivity index (χ4v) is 2.93. The molecule has 0 spiro atoms. The minimum Gasteiger partial charge on any atom is -0.368 e. The molecule has 24 heavy (non-hydrogen) atoms. The third kappa shape index (κ3) is 4.89. The third-order valence-electron chi connectivity index (χ3n) is 3.41. The first kappa shape index (κ1) is 16.1. The molecule has 122 valence electrons. The molecule has 0 unspecified atom stereocenters. The van der Waals surface area contributed by atoms with Crippen molar-refractivity contribution < 1.29 is 4.79 Å². The lowest BCUT2D eigenvalue weighted by Crippen LogP contribution is -2.15. The van der Waals surface area contributed by atoms with E-state index in [0.29, 0.717) is 18.1 Å². The van der Waals surface area contributed by atoms with Crippen LogP contribution in [0.1, 0.15) is 10.4 Å². The number of anilines is 2. The molecule has 0 aliphatic heterocycles. The Hall–Kier alpha value is -2.73. The highest BCUT2D eigenvalue weighted by atomic mass is 32.1. The van der Waals surface area contributed by atoms with Crippen LogP contribution in [0.3, 0.4) is 0 Å². The summed E-state index contributed by atoms with van der Waals surface area (Å²) < 4.78 is 0. The molecule has 3 aromatic rings. The highest BCUT2D eigenvalue weighted by Crippen LogP contribution is 2.11. The molecule has 2 heterocycles. The van der Waals surface area contributed by atoms with Gasteiger partial charge < -0.3 is 10.6 Å². The molecule has 1 amide bonds. The molecule has 3 rings (SSSR count). The number of hydrogen-bond acceptors (Lipinski definition) is 5. The van der Waals surface area contributed by atoms with Gasteiger partial charge in [0.2, 0.25) is 5.91 Å². The van der Waals surface area contributed by atoms with Crippen LogP contribution in [0.25, 0.3) is 0 Å². The van der Waals surface area contributed by atoms with Gasteiger partial charge in [-0.3, -0.25) is 4.79 Å². The van der Waals surface area contributed by atoms with Crippen LogP contribution in [0.15, 0.2) is 60.0 Å². The Morgan fingerprint density at radius 2 is 1.75 bits per heavy atom. The van der Waals surface area contributed by atoms with Crippen LogP contribution in [-0.2, 0) is 17.6 Å². The average molecular weight is 338 g/mol. The lowest BCUT2D eigenvalue weighted by Gasteiger charge is -2.06. The monoisotopic (exact) mass is 338 g/mol. The second-order valence-corrected chi connectivity index (χ2v) is 6.30. The van der Waals surface area contributed by atoms with Crippen LogP contribution in [0.4, 0.5) is 11.6 Å². The van der Waals surface area contributed by atoms with Crippen molar-refractivity contribution in [3.8, 4) is 0 Å². The quantitative estimate of drug-likeness (QED) is 0.693. The summed E-state index contributed by atoms with van der Waals surface area (Å²) in [6.07, 6.45) is 1.28. The van der Waals surface area contributed by atoms with Gasteiger partial charge in [0.15, 0.2) is 5.82 Å². The number of benzene rings is 1. The molecule has 2 aromatic heterocycles. The Balaban J connectivity index is 1.45. The number of carbonyl (C=O) groups excluding carboxylic acids is 1. The molecular formula is C18H18N4OS. The summed E-state index contributed by atoms with van der Waals surface area (Å²) in [6.45, 7) is 0.781. The van der Waals surface area contributed by atoms with Crippen LogP contribution < -0.4 is 10.6 Å². The van der Waals surface area contributed by atoms with Crippen molar-refractivity contribution >= 4 is 28.9 Å². The Labute approximate surface area is 144 Å². The second kappa shape index (κ2) is 8.21. The van der Waals surface area contributed by atoms with Crippen LogP contribution in [-0.4, -0.2) is 22.6 Å². The number of amides is 1. The molecule has 5 nitrogen and oxygen atoms in total. The molecule has 0 atom stereocenters. The summed E-state index contributed by atoms with van der Waals surface area (Å²) in [7, 11) is 0. The molecule has 1 aromatic carbocycles. The van der Waals surface area contributed by atoms with Gasteiger partial charge in [-0.2, -0.15) is 0 Å². The van der Waals surface area contributed by atoms with E-state index in [-0.39, 0.29) is 5.91 Å². The number of nitrogens with one attached hydrogen (secondary N) is 2. The van der Waals surface area contributed by atoms with E-state index in [1.807, 2.05) is 41.8 Å². The minimum absolute atomic E-state index is 0.0865. The average Bonchev–Trinajstić information content (AvgIpc) is 3.10. The van der Waals surface area contributed by atoms with E-state index < -0.39 is 0 Å². The fourth-order valence-electron chi connectivity index (χ4n) is 2.23. The van der Waals surface area contributed by atoms with Gasteiger partial charge >= 0.3 is 0 Å². The smallest absolute Gasteiger partial charge is 0.230 e. The summed E-state index contributed by atoms with van der Waals surface area (Å²) >= 11 is 1.56. The van der Waals surface area contributed by atoms with Crippen molar-refractivity contribution in [1.82, 2.24) is 10.2 Å². The van der Waals surface area contributed by atoms with Crippen molar-refractivity contribution in [2.45, 2.75) is 12.8 Å². The van der Waals surface area contributed by atoms with E-state index in [1.54, 1.807) is 17.4 Å². The number of thiophene rings is 1. The molecule has 0 radical (unpaired) electrons. The van der Waals surface area contributed by atoms with E-state index in [2.05, 4.69) is 33.0 Å². The van der Waals surface area contributed by atoms with Crippen LogP contribution in [0, 0.1) is 0 Å². The minimum atomic E-state index is -0.0865. The van der Waals surface area contributed by atoms with Gasteiger partial charge in [-0.05, 0) is 35.6 Å². The summed E-state index contributed by atoms with van der Waals surface area (Å²) in [4.78, 5) is 12.9. The molecule has 0 aliphatic rings. The van der Waals surface area contributed by atoms with Gasteiger partial charge in [-0.25, -0.2) is 0 Å². The molecule has 0 fully saturated rings. The summed E-state index contributed by atoms with van der Waals surface area (Å²) in [5, 5.41) is 16.1. The summed E-state index contributed by atoms with van der Waals surface area (Å²) in [5.41, 5.74) is 1.27. The van der Waals surface area contributed by atoms with E-state index in [9.17, 15) is 4.79 Å². The van der Waals surface area contributed by atoms with Gasteiger partial charge in [0.1, 0.15) is 5.82 Å². The Morgan fingerprint density at radius 3 is 2.46 bits per heavy atom. The molecule has 0 saturated carbocycles. The Morgan fingerprint density at radius 1 is 0.958 bits per heavy atom. The second-order valence-electron chi connectivity index (χ2n) is 5.27. The van der Waals surface area contributed by atoms with Gasteiger partial charge in [0.25, 0.3) is 0 Å². The first-order valence-electron chi connectivity index (χ1n) is 7.73.